The number of methoxy groups -OCH3 is 1. The Morgan fingerprint density at radius 1 is 0.868 bits per heavy atom. The number of rotatable bonds is 6. The van der Waals surface area contributed by atoms with Crippen LogP contribution in [0.25, 0.3) is 5.69 Å². The number of urea groups is 1. The summed E-state index contributed by atoms with van der Waals surface area (Å²) in [6.07, 6.45) is 6.85. The monoisotopic (exact) mass is 514 g/mol. The van der Waals surface area contributed by atoms with Gasteiger partial charge >= 0.3 is 12.0 Å². The number of piperidine rings is 1. The fourth-order valence-electron chi connectivity index (χ4n) is 5.67. The summed E-state index contributed by atoms with van der Waals surface area (Å²) in [7, 11) is 1.34. The first-order chi connectivity index (χ1) is 18.5. The number of amides is 3. The smallest absolute Gasteiger partial charge is 0.328 e. The molecule has 2 aliphatic rings. The van der Waals surface area contributed by atoms with E-state index >= 15 is 0 Å². The Bertz CT molecular complexity index is 1270. The molecule has 1 unspecified atom stereocenters. The van der Waals surface area contributed by atoms with Gasteiger partial charge in [0.25, 0.3) is 5.91 Å². The minimum Gasteiger partial charge on any atom is -0.467 e. The van der Waals surface area contributed by atoms with Gasteiger partial charge in [0.1, 0.15) is 6.04 Å². The predicted octanol–water partition coefficient (Wildman–Crippen LogP) is 3.90. The van der Waals surface area contributed by atoms with Crippen molar-refractivity contribution in [3.05, 3.63) is 90.3 Å². The van der Waals surface area contributed by atoms with Gasteiger partial charge in [-0.2, -0.15) is 0 Å². The number of carbonyl (C=O) groups excluding carboxylic acids is 3. The van der Waals surface area contributed by atoms with E-state index in [0.29, 0.717) is 38.2 Å². The highest BCUT2D eigenvalue weighted by atomic mass is 16.5. The largest absolute Gasteiger partial charge is 0.467 e. The fourth-order valence-corrected chi connectivity index (χ4v) is 5.67. The minimum absolute atomic E-state index is 0.00570. The molecule has 2 aliphatic heterocycles. The fraction of sp³-hybridized carbons (Fsp3) is 0.367. The van der Waals surface area contributed by atoms with E-state index in [4.69, 9.17) is 4.74 Å². The third-order valence-corrected chi connectivity index (χ3v) is 7.92. The van der Waals surface area contributed by atoms with Gasteiger partial charge in [-0.15, -0.1) is 0 Å². The number of para-hydroxylation sites is 1. The van der Waals surface area contributed by atoms with Crippen LogP contribution in [0.1, 0.15) is 35.2 Å². The van der Waals surface area contributed by atoms with Gasteiger partial charge in [-0.3, -0.25) is 4.79 Å². The maximum absolute atomic E-state index is 13.4. The van der Waals surface area contributed by atoms with Crippen LogP contribution in [0.3, 0.4) is 0 Å². The number of likely N-dealkylation sites (tertiary alicyclic amines) is 2. The predicted molar refractivity (Wildman–Crippen MR) is 144 cm³/mol. The van der Waals surface area contributed by atoms with Crippen LogP contribution >= 0.6 is 0 Å². The molecule has 8 nitrogen and oxygen atoms in total. The van der Waals surface area contributed by atoms with Crippen molar-refractivity contribution in [3.8, 4) is 5.69 Å². The van der Waals surface area contributed by atoms with Crippen LogP contribution in [-0.2, 0) is 16.0 Å². The first-order valence-electron chi connectivity index (χ1n) is 13.2. The van der Waals surface area contributed by atoms with Gasteiger partial charge in [-0.1, -0.05) is 42.5 Å². The second-order valence-electron chi connectivity index (χ2n) is 10.3. The second-order valence-corrected chi connectivity index (χ2v) is 10.3. The van der Waals surface area contributed by atoms with E-state index < -0.39 is 12.0 Å². The second kappa shape index (κ2) is 11.1. The van der Waals surface area contributed by atoms with E-state index in [0.717, 1.165) is 30.5 Å². The van der Waals surface area contributed by atoms with E-state index in [-0.39, 0.29) is 17.4 Å². The van der Waals surface area contributed by atoms with Crippen molar-refractivity contribution in [1.29, 1.82) is 0 Å². The standard InChI is InChI=1S/C30H34N4O4/c1-38-28(36)25(21-23-9-3-2-4-10-23)31-29(37)34-20-15-30(22-34)13-18-33(19-14-30)27(35)24-11-5-6-12-26(24)32-16-7-8-17-32/h2-12,16-17,25H,13-15,18-22H2,1H3,(H,31,37). The number of aromatic nitrogens is 1. The molecule has 2 aromatic carbocycles. The molecule has 3 heterocycles. The molecule has 0 bridgehead atoms. The molecule has 0 aliphatic carbocycles. The summed E-state index contributed by atoms with van der Waals surface area (Å²) in [5, 5.41) is 2.89. The lowest BCUT2D eigenvalue weighted by Gasteiger charge is -2.39. The zero-order valence-electron chi connectivity index (χ0n) is 21.7. The summed E-state index contributed by atoms with van der Waals surface area (Å²) in [6.45, 7) is 2.58. The van der Waals surface area contributed by atoms with Crippen LogP contribution in [0, 0.1) is 5.41 Å². The highest BCUT2D eigenvalue weighted by molar-refractivity contribution is 5.98. The first kappa shape index (κ1) is 25.6. The number of hydrogen-bond donors (Lipinski definition) is 1. The number of nitrogens with zero attached hydrogens (tertiary/aromatic N) is 3. The number of esters is 1. The highest BCUT2D eigenvalue weighted by Crippen LogP contribution is 2.40. The van der Waals surface area contributed by atoms with Crippen molar-refractivity contribution < 1.29 is 19.1 Å². The van der Waals surface area contributed by atoms with Gasteiger partial charge in [0, 0.05) is 45.0 Å². The molecule has 1 spiro atoms. The maximum atomic E-state index is 13.4. The third-order valence-electron chi connectivity index (χ3n) is 7.92. The van der Waals surface area contributed by atoms with Crippen LogP contribution in [0.5, 0.6) is 0 Å². The molecular formula is C30H34N4O4. The van der Waals surface area contributed by atoms with Crippen molar-refractivity contribution in [2.75, 3.05) is 33.3 Å². The molecule has 3 aromatic rings. The molecule has 0 saturated carbocycles. The van der Waals surface area contributed by atoms with E-state index in [9.17, 15) is 14.4 Å². The summed E-state index contributed by atoms with van der Waals surface area (Å²) >= 11 is 0. The van der Waals surface area contributed by atoms with Gasteiger partial charge in [0.2, 0.25) is 0 Å². The van der Waals surface area contributed by atoms with Gasteiger partial charge in [-0.25, -0.2) is 9.59 Å². The Morgan fingerprint density at radius 2 is 1.50 bits per heavy atom. The highest BCUT2D eigenvalue weighted by Gasteiger charge is 2.43. The van der Waals surface area contributed by atoms with Crippen molar-refractivity contribution in [1.82, 2.24) is 19.7 Å². The third kappa shape index (κ3) is 5.44. The molecule has 2 fully saturated rings. The van der Waals surface area contributed by atoms with Crippen molar-refractivity contribution in [2.24, 2.45) is 5.41 Å². The van der Waals surface area contributed by atoms with Gasteiger partial charge in [0.05, 0.1) is 18.4 Å². The number of carbonyl (C=O) groups is 3. The van der Waals surface area contributed by atoms with Crippen LogP contribution in [0.2, 0.25) is 0 Å². The van der Waals surface area contributed by atoms with Crippen LogP contribution in [-0.4, -0.2) is 71.6 Å². The van der Waals surface area contributed by atoms with Gasteiger partial charge < -0.3 is 24.4 Å². The lowest BCUT2D eigenvalue weighted by Crippen LogP contribution is -2.50. The molecule has 5 rings (SSSR count). The average molecular weight is 515 g/mol. The van der Waals surface area contributed by atoms with E-state index in [1.165, 1.54) is 7.11 Å². The van der Waals surface area contributed by atoms with Crippen LogP contribution < -0.4 is 5.32 Å². The first-order valence-corrected chi connectivity index (χ1v) is 13.2. The average Bonchev–Trinajstić information content (AvgIpc) is 3.64. The molecule has 2 saturated heterocycles. The molecule has 1 N–H and O–H groups in total. The number of ether oxygens (including phenoxy) is 1. The quantitative estimate of drug-likeness (QED) is 0.506. The summed E-state index contributed by atoms with van der Waals surface area (Å²) in [4.78, 5) is 42.7. The van der Waals surface area contributed by atoms with Crippen LogP contribution in [0.15, 0.2) is 79.1 Å². The molecule has 1 aromatic heterocycles. The van der Waals surface area contributed by atoms with Crippen molar-refractivity contribution in [3.63, 3.8) is 0 Å². The number of benzene rings is 2. The molecule has 8 heteroatoms. The lowest BCUT2D eigenvalue weighted by atomic mass is 9.77. The molecule has 0 radical (unpaired) electrons. The van der Waals surface area contributed by atoms with Crippen molar-refractivity contribution >= 4 is 17.9 Å². The van der Waals surface area contributed by atoms with Crippen molar-refractivity contribution in [2.45, 2.75) is 31.7 Å². The Morgan fingerprint density at radius 3 is 2.18 bits per heavy atom. The zero-order chi connectivity index (χ0) is 26.5. The lowest BCUT2D eigenvalue weighted by molar-refractivity contribution is -0.142. The SMILES string of the molecule is COC(=O)C(Cc1ccccc1)NC(=O)N1CCC2(CCN(C(=O)c3ccccc3-n3cccc3)CC2)C1. The van der Waals surface area contributed by atoms with Gasteiger partial charge in [0.15, 0.2) is 0 Å². The summed E-state index contributed by atoms with van der Waals surface area (Å²) in [5.74, 6) is -0.415. The molecule has 3 amide bonds. The zero-order valence-corrected chi connectivity index (χ0v) is 21.7. The number of hydrogen-bond acceptors (Lipinski definition) is 4. The Kier molecular flexibility index (Phi) is 7.49. The minimum atomic E-state index is -0.744. The van der Waals surface area contributed by atoms with Crippen LogP contribution in [0.4, 0.5) is 4.79 Å². The number of nitrogens with one attached hydrogen (secondary N) is 1. The molecule has 1 atom stereocenters. The Labute approximate surface area is 223 Å². The Balaban J connectivity index is 1.19. The Hall–Kier alpha value is -4.07. The summed E-state index contributed by atoms with van der Waals surface area (Å²) in [5.41, 5.74) is 2.52. The summed E-state index contributed by atoms with van der Waals surface area (Å²) < 4.78 is 6.91. The van der Waals surface area contributed by atoms with E-state index in [2.05, 4.69) is 5.32 Å². The molecular weight excluding hydrogens is 480 g/mol. The van der Waals surface area contributed by atoms with Gasteiger partial charge in [-0.05, 0) is 54.5 Å². The summed E-state index contributed by atoms with van der Waals surface area (Å²) in [6, 6.07) is 20.2. The molecule has 198 valence electrons. The topological polar surface area (TPSA) is 83.9 Å². The van der Waals surface area contributed by atoms with E-state index in [1.807, 2.05) is 88.6 Å². The molecule has 38 heavy (non-hydrogen) atoms. The maximum Gasteiger partial charge on any atom is 0.328 e. The van der Waals surface area contributed by atoms with E-state index in [1.54, 1.807) is 4.90 Å². The normalized spacial score (nSPS) is 17.3.